The molecule has 0 aromatic carbocycles. The van der Waals surface area contributed by atoms with Gasteiger partial charge in [0.25, 0.3) is 0 Å². The van der Waals surface area contributed by atoms with E-state index in [4.69, 9.17) is 0 Å². The zero-order valence-corrected chi connectivity index (χ0v) is 25.8. The summed E-state index contributed by atoms with van der Waals surface area (Å²) in [5.41, 5.74) is -0.713. The maximum Gasteiger partial charge on any atom is 0.0334 e. The molecular weight excluding hydrogens is 392 g/mol. The third-order valence-corrected chi connectivity index (χ3v) is 12.7. The van der Waals surface area contributed by atoms with Crippen molar-refractivity contribution in [1.29, 1.82) is 0 Å². The zero-order chi connectivity index (χ0) is 26.3. The second-order valence-corrected chi connectivity index (χ2v) is 14.7. The molecule has 32 heavy (non-hydrogen) atoms. The normalized spacial score (nSPS) is 32.6. The van der Waals surface area contributed by atoms with Gasteiger partial charge in [-0.3, -0.25) is 19.6 Å². The van der Waals surface area contributed by atoms with Gasteiger partial charge in [0, 0.05) is 44.3 Å². The van der Waals surface area contributed by atoms with E-state index in [0.29, 0.717) is 0 Å². The van der Waals surface area contributed by atoms with Crippen LogP contribution in [0.3, 0.4) is 0 Å². The van der Waals surface area contributed by atoms with Crippen LogP contribution in [0.2, 0.25) is 0 Å². The first-order valence-electron chi connectivity index (χ1n) is 12.6. The molecule has 0 saturated carbocycles. The maximum atomic E-state index is 2.64. The smallest absolute Gasteiger partial charge is 0.0334 e. The first-order valence-corrected chi connectivity index (χ1v) is 12.6. The van der Waals surface area contributed by atoms with Gasteiger partial charge in [-0.2, -0.15) is 0 Å². The lowest BCUT2D eigenvalue weighted by Crippen LogP contribution is -2.82. The molecule has 0 atom stereocenters. The van der Waals surface area contributed by atoms with E-state index in [-0.39, 0.29) is 44.3 Å². The molecule has 4 nitrogen and oxygen atoms in total. The molecule has 1 aliphatic rings. The van der Waals surface area contributed by atoms with Gasteiger partial charge in [-0.25, -0.2) is 0 Å². The summed E-state index contributed by atoms with van der Waals surface area (Å²) < 4.78 is 0. The lowest BCUT2D eigenvalue weighted by atomic mass is 9.66. The Hall–Kier alpha value is -0.160. The van der Waals surface area contributed by atoms with Crippen LogP contribution in [0.25, 0.3) is 0 Å². The van der Waals surface area contributed by atoms with Crippen molar-refractivity contribution in [2.75, 3.05) is 28.2 Å². The van der Waals surface area contributed by atoms with Crippen molar-refractivity contribution in [2.24, 2.45) is 0 Å². The molecule has 0 amide bonds. The summed E-state index contributed by atoms with van der Waals surface area (Å²) in [6, 6.07) is 0. The van der Waals surface area contributed by atoms with Crippen LogP contribution in [-0.2, 0) is 0 Å². The Balaban J connectivity index is 4.11. The van der Waals surface area contributed by atoms with Crippen LogP contribution >= 0.6 is 0 Å². The summed E-state index contributed by atoms with van der Waals surface area (Å²) in [7, 11) is 9.33. The van der Waals surface area contributed by atoms with Gasteiger partial charge in [0.2, 0.25) is 0 Å². The summed E-state index contributed by atoms with van der Waals surface area (Å²) >= 11 is 0. The van der Waals surface area contributed by atoms with E-state index in [2.05, 4.69) is 159 Å². The molecular formula is C28H60N4. The summed E-state index contributed by atoms with van der Waals surface area (Å²) in [5.74, 6) is 0. The minimum Gasteiger partial charge on any atom is -0.292 e. The van der Waals surface area contributed by atoms with E-state index in [1.807, 2.05) is 0 Å². The largest absolute Gasteiger partial charge is 0.292 e. The van der Waals surface area contributed by atoms with Gasteiger partial charge in [0.1, 0.15) is 0 Å². The summed E-state index contributed by atoms with van der Waals surface area (Å²) in [6.07, 6.45) is 0. The third kappa shape index (κ3) is 3.53. The first kappa shape index (κ1) is 29.9. The van der Waals surface area contributed by atoms with Crippen LogP contribution in [0.1, 0.15) is 111 Å². The Bertz CT molecular complexity index is 518. The fourth-order valence-electron chi connectivity index (χ4n) is 6.08. The fourth-order valence-corrected chi connectivity index (χ4v) is 6.08. The predicted molar refractivity (Wildman–Crippen MR) is 144 cm³/mol. The molecule has 4 heteroatoms. The third-order valence-electron chi connectivity index (χ3n) is 12.7. The summed E-state index contributed by atoms with van der Waals surface area (Å²) in [6.45, 7) is 38.8. The van der Waals surface area contributed by atoms with Gasteiger partial charge in [0.05, 0.1) is 0 Å². The molecule has 1 fully saturated rings. The number of nitrogens with zero attached hydrogens (tertiary/aromatic N) is 4. The summed E-state index contributed by atoms with van der Waals surface area (Å²) in [5, 5.41) is 0. The summed E-state index contributed by atoms with van der Waals surface area (Å²) in [4.78, 5) is 10.6. The Kier molecular flexibility index (Phi) is 7.16. The van der Waals surface area contributed by atoms with Crippen LogP contribution in [0.5, 0.6) is 0 Å². The van der Waals surface area contributed by atoms with Crippen molar-refractivity contribution in [3.8, 4) is 0 Å². The van der Waals surface area contributed by atoms with Crippen molar-refractivity contribution in [2.45, 2.75) is 155 Å². The van der Waals surface area contributed by atoms with Crippen LogP contribution in [-0.4, -0.2) is 92.1 Å². The van der Waals surface area contributed by atoms with E-state index in [1.165, 1.54) is 0 Å². The van der Waals surface area contributed by atoms with Crippen molar-refractivity contribution >= 4 is 0 Å². The molecule has 1 saturated heterocycles. The highest BCUT2D eigenvalue weighted by molar-refractivity contribution is 5.19. The Morgan fingerprint density at radius 3 is 0.344 bits per heavy atom. The Morgan fingerprint density at radius 2 is 0.281 bits per heavy atom. The first-order chi connectivity index (χ1) is 13.6. The lowest BCUT2D eigenvalue weighted by molar-refractivity contribution is -0.191. The van der Waals surface area contributed by atoms with E-state index < -0.39 is 0 Å². The number of rotatable bonds is 0. The molecule has 0 radical (unpaired) electrons. The van der Waals surface area contributed by atoms with Crippen molar-refractivity contribution in [3.63, 3.8) is 0 Å². The monoisotopic (exact) mass is 452 g/mol. The predicted octanol–water partition coefficient (Wildman–Crippen LogP) is 5.96. The SMILES string of the molecule is CN1C(C)(C)C(C)(C)N(C)C(C)(C)C(C)(C)N(C)C(C)(C)C(C)(C)N(C)C(C)(C)C1(C)C. The van der Waals surface area contributed by atoms with E-state index in [1.54, 1.807) is 0 Å². The minimum atomic E-state index is -0.0891. The minimum absolute atomic E-state index is 0.0891. The van der Waals surface area contributed by atoms with Gasteiger partial charge in [-0.1, -0.05) is 0 Å². The Morgan fingerprint density at radius 1 is 0.219 bits per heavy atom. The topological polar surface area (TPSA) is 13.0 Å². The molecule has 1 heterocycles. The average molecular weight is 453 g/mol. The van der Waals surface area contributed by atoms with Crippen LogP contribution in [0.4, 0.5) is 0 Å². The quantitative estimate of drug-likeness (QED) is 0.450. The highest BCUT2D eigenvalue weighted by atomic mass is 15.4. The zero-order valence-electron chi connectivity index (χ0n) is 25.8. The van der Waals surface area contributed by atoms with Gasteiger partial charge in [0.15, 0.2) is 0 Å². The van der Waals surface area contributed by atoms with Crippen molar-refractivity contribution < 1.29 is 0 Å². The van der Waals surface area contributed by atoms with Crippen LogP contribution in [0.15, 0.2) is 0 Å². The standard InChI is InChI=1S/C28H60N4/c1-21(2)22(3,4)30(18)25(9,10)26(11,12)32(20)28(15,16)27(13,14)31(19)24(7,8)23(5,6)29(21)17/h1-20H3. The molecule has 192 valence electrons. The maximum absolute atomic E-state index is 2.64. The molecule has 1 aliphatic heterocycles. The molecule has 0 aromatic heterocycles. The number of hydrogen-bond donors (Lipinski definition) is 0. The van der Waals surface area contributed by atoms with E-state index >= 15 is 0 Å². The second-order valence-electron chi connectivity index (χ2n) is 14.7. The molecule has 0 unspecified atom stereocenters. The molecule has 1 rings (SSSR count). The van der Waals surface area contributed by atoms with Crippen molar-refractivity contribution in [3.05, 3.63) is 0 Å². The number of hydrogen-bond acceptors (Lipinski definition) is 4. The van der Waals surface area contributed by atoms with Crippen LogP contribution < -0.4 is 0 Å². The highest BCUT2D eigenvalue weighted by Gasteiger charge is 2.61. The van der Waals surface area contributed by atoms with Gasteiger partial charge >= 0.3 is 0 Å². The van der Waals surface area contributed by atoms with Crippen LogP contribution in [0, 0.1) is 0 Å². The molecule has 0 aromatic rings. The molecule has 0 N–H and O–H groups in total. The molecule has 0 spiro atoms. The van der Waals surface area contributed by atoms with Gasteiger partial charge in [-0.05, 0) is 139 Å². The van der Waals surface area contributed by atoms with Gasteiger partial charge < -0.3 is 0 Å². The highest BCUT2D eigenvalue weighted by Crippen LogP contribution is 2.50. The van der Waals surface area contributed by atoms with Gasteiger partial charge in [-0.15, -0.1) is 0 Å². The fraction of sp³-hybridized carbons (Fsp3) is 1.00. The molecule has 0 aliphatic carbocycles. The van der Waals surface area contributed by atoms with E-state index in [9.17, 15) is 0 Å². The average Bonchev–Trinajstić information content (AvgIpc) is 2.63. The molecule has 0 bridgehead atoms. The lowest BCUT2D eigenvalue weighted by Gasteiger charge is -2.70. The van der Waals surface area contributed by atoms with Crippen molar-refractivity contribution in [1.82, 2.24) is 19.6 Å². The number of likely N-dealkylation sites (N-methyl/N-ethyl adjacent to an activating group) is 4. The van der Waals surface area contributed by atoms with E-state index in [0.717, 1.165) is 0 Å². The second kappa shape index (κ2) is 7.67. The Labute approximate surface area is 203 Å².